The molecule has 1 aliphatic rings. The second-order valence-corrected chi connectivity index (χ2v) is 8.30. The van der Waals surface area contributed by atoms with Gasteiger partial charge in [0.15, 0.2) is 11.5 Å². The van der Waals surface area contributed by atoms with Gasteiger partial charge in [-0.3, -0.25) is 14.5 Å². The van der Waals surface area contributed by atoms with Crippen molar-refractivity contribution in [3.63, 3.8) is 0 Å². The molecule has 0 spiro atoms. The number of furan rings is 1. The third-order valence-electron chi connectivity index (χ3n) is 5.86. The molecule has 7 nitrogen and oxygen atoms in total. The van der Waals surface area contributed by atoms with Crippen LogP contribution < -0.4 is 9.64 Å². The Balaban J connectivity index is 1.68. The average Bonchev–Trinajstić information content (AvgIpc) is 3.42. The van der Waals surface area contributed by atoms with Crippen LogP contribution >= 0.6 is 11.6 Å². The van der Waals surface area contributed by atoms with E-state index >= 15 is 0 Å². The molecule has 8 heteroatoms. The third-order valence-corrected chi connectivity index (χ3v) is 6.10. The van der Waals surface area contributed by atoms with Crippen LogP contribution in [0.25, 0.3) is 11.0 Å². The second kappa shape index (κ2) is 8.67. The second-order valence-electron chi connectivity index (χ2n) is 7.86. The van der Waals surface area contributed by atoms with Crippen LogP contribution in [-0.4, -0.2) is 23.9 Å². The normalized spacial score (nSPS) is 15.5. The fraction of sp³-hybridized carbons (Fsp3) is 0.0741. The van der Waals surface area contributed by atoms with E-state index in [4.69, 9.17) is 26.0 Å². The zero-order chi connectivity index (χ0) is 24.7. The Morgan fingerprint density at radius 1 is 1.11 bits per heavy atom. The maximum Gasteiger partial charge on any atom is 0.294 e. The summed E-state index contributed by atoms with van der Waals surface area (Å²) in [6.45, 7) is 0. The standard InChI is InChI=1S/C27H17ClN2O5/c1-34-21-5-3-2-4-19(21)24-23(25(31)22-13-16-12-17(28)8-11-20(16)35-22)26(32)27(33)30(24)18-9-6-15(14-29)7-10-18/h2-13,24,32H,1H3. The van der Waals surface area contributed by atoms with Crippen molar-refractivity contribution < 1.29 is 23.8 Å². The fourth-order valence-electron chi connectivity index (χ4n) is 4.25. The molecule has 3 aromatic carbocycles. The number of amides is 1. The molecule has 2 heterocycles. The fourth-order valence-corrected chi connectivity index (χ4v) is 4.43. The third kappa shape index (κ3) is 3.70. The molecule has 1 atom stereocenters. The number of hydrogen-bond donors (Lipinski definition) is 1. The highest BCUT2D eigenvalue weighted by molar-refractivity contribution is 6.31. The number of ketones is 1. The van der Waals surface area contributed by atoms with E-state index in [0.29, 0.717) is 38.6 Å². The summed E-state index contributed by atoms with van der Waals surface area (Å²) in [5, 5.41) is 21.2. The smallest absolute Gasteiger partial charge is 0.294 e. The summed E-state index contributed by atoms with van der Waals surface area (Å²) in [6, 6.07) is 20.7. The number of fused-ring (bicyclic) bond motifs is 1. The summed E-state index contributed by atoms with van der Waals surface area (Å²) >= 11 is 6.06. The van der Waals surface area contributed by atoms with Gasteiger partial charge in [0.05, 0.1) is 30.4 Å². The number of hydrogen-bond acceptors (Lipinski definition) is 6. The lowest BCUT2D eigenvalue weighted by Crippen LogP contribution is -2.31. The Labute approximate surface area is 205 Å². The number of methoxy groups -OCH3 is 1. The number of nitriles is 1. The number of nitrogens with zero attached hydrogens (tertiary/aromatic N) is 2. The first-order valence-corrected chi connectivity index (χ1v) is 10.9. The molecule has 1 unspecified atom stereocenters. The minimum Gasteiger partial charge on any atom is -0.503 e. The minimum atomic E-state index is -1.00. The summed E-state index contributed by atoms with van der Waals surface area (Å²) in [7, 11) is 1.48. The minimum absolute atomic E-state index is 0.0433. The van der Waals surface area contributed by atoms with Crippen molar-refractivity contribution in [2.24, 2.45) is 0 Å². The monoisotopic (exact) mass is 484 g/mol. The Bertz CT molecular complexity index is 1560. The molecule has 0 aliphatic carbocycles. The Hall–Kier alpha value is -4.54. The van der Waals surface area contributed by atoms with E-state index in [9.17, 15) is 14.7 Å². The summed E-state index contributed by atoms with van der Waals surface area (Å²) in [5.74, 6) is -1.70. The van der Waals surface area contributed by atoms with Crippen LogP contribution in [0.15, 0.2) is 88.5 Å². The summed E-state index contributed by atoms with van der Waals surface area (Å²) < 4.78 is 11.3. The molecule has 5 rings (SSSR count). The lowest BCUT2D eigenvalue weighted by Gasteiger charge is -2.27. The number of anilines is 1. The molecule has 1 aromatic heterocycles. The summed E-state index contributed by atoms with van der Waals surface area (Å²) in [6.07, 6.45) is 0. The maximum absolute atomic E-state index is 13.7. The molecule has 0 bridgehead atoms. The largest absolute Gasteiger partial charge is 0.503 e. The van der Waals surface area contributed by atoms with Crippen LogP contribution in [0, 0.1) is 11.3 Å². The number of para-hydroxylation sites is 1. The predicted molar refractivity (Wildman–Crippen MR) is 130 cm³/mol. The van der Waals surface area contributed by atoms with E-state index in [1.54, 1.807) is 66.7 Å². The van der Waals surface area contributed by atoms with Crippen LogP contribution in [0.3, 0.4) is 0 Å². The highest BCUT2D eigenvalue weighted by Crippen LogP contribution is 2.45. The number of carbonyl (C=O) groups is 2. The zero-order valence-corrected chi connectivity index (χ0v) is 19.1. The lowest BCUT2D eigenvalue weighted by molar-refractivity contribution is -0.117. The van der Waals surface area contributed by atoms with Crippen LogP contribution in [0.1, 0.15) is 27.7 Å². The number of aliphatic hydroxyl groups excluding tert-OH is 1. The number of aliphatic hydroxyl groups is 1. The molecule has 0 fully saturated rings. The van der Waals surface area contributed by atoms with E-state index in [0.717, 1.165) is 0 Å². The molecule has 1 aliphatic heterocycles. The van der Waals surface area contributed by atoms with Gasteiger partial charge in [0.1, 0.15) is 11.3 Å². The van der Waals surface area contributed by atoms with Crippen molar-refractivity contribution in [3.05, 3.63) is 106 Å². The molecule has 0 radical (unpaired) electrons. The van der Waals surface area contributed by atoms with Crippen molar-refractivity contribution in [3.8, 4) is 11.8 Å². The van der Waals surface area contributed by atoms with Gasteiger partial charge in [0.2, 0.25) is 5.78 Å². The van der Waals surface area contributed by atoms with Gasteiger partial charge >= 0.3 is 0 Å². The number of Topliss-reactive ketones (excluding diaryl/α,β-unsaturated/α-hetero) is 1. The molecule has 35 heavy (non-hydrogen) atoms. The first kappa shape index (κ1) is 22.3. The zero-order valence-electron chi connectivity index (χ0n) is 18.4. The van der Waals surface area contributed by atoms with E-state index < -0.39 is 23.5 Å². The van der Waals surface area contributed by atoms with Gasteiger partial charge in [-0.2, -0.15) is 5.26 Å². The van der Waals surface area contributed by atoms with Crippen molar-refractivity contribution in [1.82, 2.24) is 0 Å². The van der Waals surface area contributed by atoms with Gasteiger partial charge in [-0.15, -0.1) is 0 Å². The molecule has 4 aromatic rings. The highest BCUT2D eigenvalue weighted by Gasteiger charge is 2.46. The number of rotatable bonds is 5. The lowest BCUT2D eigenvalue weighted by atomic mass is 9.94. The van der Waals surface area contributed by atoms with Gasteiger partial charge in [-0.1, -0.05) is 29.8 Å². The molecule has 0 saturated heterocycles. The van der Waals surface area contributed by atoms with Gasteiger partial charge in [0, 0.05) is 21.7 Å². The first-order chi connectivity index (χ1) is 16.9. The van der Waals surface area contributed by atoms with Crippen LogP contribution in [0.5, 0.6) is 5.75 Å². The summed E-state index contributed by atoms with van der Waals surface area (Å²) in [4.78, 5) is 28.3. The van der Waals surface area contributed by atoms with E-state index in [1.807, 2.05) is 6.07 Å². The van der Waals surface area contributed by atoms with Crippen molar-refractivity contribution in [2.75, 3.05) is 12.0 Å². The van der Waals surface area contributed by atoms with E-state index in [2.05, 4.69) is 0 Å². The molecular formula is C27H17ClN2O5. The molecule has 1 amide bonds. The number of benzene rings is 3. The first-order valence-electron chi connectivity index (χ1n) is 10.6. The number of halogens is 1. The number of carbonyl (C=O) groups excluding carboxylic acids is 2. The predicted octanol–water partition coefficient (Wildman–Crippen LogP) is 5.75. The van der Waals surface area contributed by atoms with Crippen molar-refractivity contribution >= 4 is 39.9 Å². The molecule has 0 saturated carbocycles. The maximum atomic E-state index is 13.7. The van der Waals surface area contributed by atoms with Gasteiger partial charge in [0.25, 0.3) is 5.91 Å². The van der Waals surface area contributed by atoms with E-state index in [1.165, 1.54) is 18.1 Å². The Morgan fingerprint density at radius 2 is 1.86 bits per heavy atom. The van der Waals surface area contributed by atoms with Crippen molar-refractivity contribution in [2.45, 2.75) is 6.04 Å². The van der Waals surface area contributed by atoms with Gasteiger partial charge in [-0.05, 0) is 54.6 Å². The molecular weight excluding hydrogens is 468 g/mol. The van der Waals surface area contributed by atoms with Crippen LogP contribution in [-0.2, 0) is 4.79 Å². The Morgan fingerprint density at radius 3 is 2.57 bits per heavy atom. The topological polar surface area (TPSA) is 104 Å². The average molecular weight is 485 g/mol. The molecule has 172 valence electrons. The van der Waals surface area contributed by atoms with Crippen LogP contribution in [0.4, 0.5) is 5.69 Å². The highest BCUT2D eigenvalue weighted by atomic mass is 35.5. The van der Waals surface area contributed by atoms with Crippen LogP contribution in [0.2, 0.25) is 5.02 Å². The quantitative estimate of drug-likeness (QED) is 0.362. The van der Waals surface area contributed by atoms with E-state index in [-0.39, 0.29) is 11.3 Å². The Kier molecular flexibility index (Phi) is 5.51. The van der Waals surface area contributed by atoms with Gasteiger partial charge in [-0.25, -0.2) is 0 Å². The van der Waals surface area contributed by atoms with Gasteiger partial charge < -0.3 is 14.3 Å². The summed E-state index contributed by atoms with van der Waals surface area (Å²) in [5.41, 5.74) is 1.60. The van der Waals surface area contributed by atoms with Crippen molar-refractivity contribution in [1.29, 1.82) is 5.26 Å². The number of ether oxygens (including phenoxy) is 1. The SMILES string of the molecule is COc1ccccc1C1C(C(=O)c2cc3cc(Cl)ccc3o2)=C(O)C(=O)N1c1ccc(C#N)cc1. The molecule has 1 N–H and O–H groups in total.